The number of nitrogens with zero attached hydrogens (tertiary/aromatic N) is 4. The van der Waals surface area contributed by atoms with Gasteiger partial charge in [-0.25, -0.2) is 4.98 Å². The molecule has 1 amide bonds. The van der Waals surface area contributed by atoms with Gasteiger partial charge in [0.05, 0.1) is 6.54 Å². The number of carbonyl (C=O) groups is 1. The average Bonchev–Trinajstić information content (AvgIpc) is 3.08. The van der Waals surface area contributed by atoms with Crippen molar-refractivity contribution in [3.63, 3.8) is 0 Å². The first-order valence-corrected chi connectivity index (χ1v) is 8.82. The van der Waals surface area contributed by atoms with E-state index in [1.807, 2.05) is 23.1 Å². The lowest BCUT2D eigenvalue weighted by Gasteiger charge is -2.34. The minimum absolute atomic E-state index is 0.174. The lowest BCUT2D eigenvalue weighted by Crippen LogP contribution is -2.38. The Hall–Kier alpha value is -2.63. The van der Waals surface area contributed by atoms with E-state index in [4.69, 9.17) is 4.74 Å². The number of amides is 1. The summed E-state index contributed by atoms with van der Waals surface area (Å²) < 4.78 is 8.04. The third-order valence-corrected chi connectivity index (χ3v) is 5.01. The molecule has 0 saturated carbocycles. The van der Waals surface area contributed by atoms with Gasteiger partial charge in [-0.15, -0.1) is 0 Å². The summed E-state index contributed by atoms with van der Waals surface area (Å²) >= 11 is 0. The number of carbonyl (C=O) groups excluding carboxylic acids is 1. The minimum Gasteiger partial charge on any atom is -0.483 e. The average molecular weight is 338 g/mol. The van der Waals surface area contributed by atoms with Crippen LogP contribution in [0.1, 0.15) is 31.2 Å². The number of benzene rings is 1. The number of rotatable bonds is 3. The largest absolute Gasteiger partial charge is 0.483 e. The van der Waals surface area contributed by atoms with E-state index in [-0.39, 0.29) is 11.5 Å². The molecule has 130 valence electrons. The second kappa shape index (κ2) is 6.70. The molecule has 6 heteroatoms. The highest BCUT2D eigenvalue weighted by atomic mass is 16.5. The molecular weight excluding hydrogens is 316 g/mol. The maximum Gasteiger partial charge on any atom is 0.224 e. The predicted octanol–water partition coefficient (Wildman–Crippen LogP) is 2.53. The Labute approximate surface area is 147 Å². The van der Waals surface area contributed by atoms with Gasteiger partial charge in [0.2, 0.25) is 5.91 Å². The molecule has 1 unspecified atom stereocenters. The van der Waals surface area contributed by atoms with Crippen molar-refractivity contribution in [2.75, 3.05) is 13.1 Å². The first kappa shape index (κ1) is 15.9. The first-order valence-electron chi connectivity index (χ1n) is 8.82. The molecule has 6 nitrogen and oxygen atoms in total. The Kier molecular flexibility index (Phi) is 4.26. The van der Waals surface area contributed by atoms with Crippen LogP contribution in [0.3, 0.4) is 0 Å². The quantitative estimate of drug-likeness (QED) is 0.863. The zero-order chi connectivity index (χ0) is 17.1. The summed E-state index contributed by atoms with van der Waals surface area (Å²) in [5, 5.41) is 4.05. The van der Waals surface area contributed by atoms with E-state index in [0.29, 0.717) is 13.0 Å². The van der Waals surface area contributed by atoms with E-state index in [1.54, 1.807) is 11.0 Å². The topological polar surface area (TPSA) is 60.2 Å². The summed E-state index contributed by atoms with van der Waals surface area (Å²) in [6.07, 6.45) is 10.6. The molecular formula is C19H22N4O2. The van der Waals surface area contributed by atoms with Crippen molar-refractivity contribution in [1.82, 2.24) is 19.7 Å². The van der Waals surface area contributed by atoms with Gasteiger partial charge in [-0.1, -0.05) is 24.3 Å². The smallest absolute Gasteiger partial charge is 0.224 e. The molecule has 1 spiro atoms. The Bertz CT molecular complexity index is 771. The molecule has 0 N–H and O–H groups in total. The van der Waals surface area contributed by atoms with Crippen molar-refractivity contribution >= 4 is 12.0 Å². The third kappa shape index (κ3) is 3.43. The van der Waals surface area contributed by atoms with Crippen LogP contribution in [0.2, 0.25) is 0 Å². The molecule has 0 radical (unpaired) electrons. The van der Waals surface area contributed by atoms with Crippen molar-refractivity contribution < 1.29 is 9.53 Å². The van der Waals surface area contributed by atoms with E-state index >= 15 is 0 Å². The Morgan fingerprint density at radius 2 is 2.16 bits per heavy atom. The van der Waals surface area contributed by atoms with Gasteiger partial charge < -0.3 is 9.64 Å². The molecule has 1 atom stereocenters. The molecule has 2 aliphatic heterocycles. The van der Waals surface area contributed by atoms with Crippen LogP contribution >= 0.6 is 0 Å². The molecule has 25 heavy (non-hydrogen) atoms. The van der Waals surface area contributed by atoms with E-state index in [9.17, 15) is 4.79 Å². The Morgan fingerprint density at radius 3 is 3.04 bits per heavy atom. The lowest BCUT2D eigenvalue weighted by molar-refractivity contribution is -0.131. The van der Waals surface area contributed by atoms with Crippen LogP contribution in [0, 0.1) is 0 Å². The molecule has 0 bridgehead atoms. The summed E-state index contributed by atoms with van der Waals surface area (Å²) in [6, 6.07) is 8.11. The third-order valence-electron chi connectivity index (χ3n) is 5.01. The number of fused-ring (bicyclic) bond motifs is 1. The summed E-state index contributed by atoms with van der Waals surface area (Å²) in [6.45, 7) is 2.09. The van der Waals surface area contributed by atoms with Gasteiger partial charge in [-0.05, 0) is 25.0 Å². The highest BCUT2D eigenvalue weighted by molar-refractivity contribution is 5.76. The fraction of sp³-hybridized carbons (Fsp3) is 0.421. The molecule has 0 aliphatic carbocycles. The van der Waals surface area contributed by atoms with Crippen molar-refractivity contribution in [3.05, 3.63) is 48.6 Å². The predicted molar refractivity (Wildman–Crippen MR) is 93.9 cm³/mol. The van der Waals surface area contributed by atoms with Crippen LogP contribution in [-0.4, -0.2) is 44.3 Å². The second-order valence-corrected chi connectivity index (χ2v) is 6.68. The Balaban J connectivity index is 1.38. The molecule has 2 aromatic rings. The number of para-hydroxylation sites is 1. The van der Waals surface area contributed by atoms with Gasteiger partial charge in [0, 0.05) is 31.5 Å². The van der Waals surface area contributed by atoms with Gasteiger partial charge in [0.25, 0.3) is 0 Å². The van der Waals surface area contributed by atoms with Crippen LogP contribution in [0.25, 0.3) is 6.08 Å². The second-order valence-electron chi connectivity index (χ2n) is 6.68. The number of hydrogen-bond donors (Lipinski definition) is 0. The number of ether oxygens (including phenoxy) is 1. The highest BCUT2D eigenvalue weighted by Crippen LogP contribution is 2.36. The highest BCUT2D eigenvalue weighted by Gasteiger charge is 2.35. The fourth-order valence-corrected chi connectivity index (χ4v) is 3.57. The van der Waals surface area contributed by atoms with Crippen LogP contribution < -0.4 is 4.74 Å². The number of hydrogen-bond acceptors (Lipinski definition) is 4. The zero-order valence-corrected chi connectivity index (χ0v) is 14.2. The van der Waals surface area contributed by atoms with E-state index in [1.165, 1.54) is 6.33 Å². The molecule has 4 rings (SSSR count). The van der Waals surface area contributed by atoms with Gasteiger partial charge >= 0.3 is 0 Å². The summed E-state index contributed by atoms with van der Waals surface area (Å²) in [5.74, 6) is 1.11. The van der Waals surface area contributed by atoms with Gasteiger partial charge in [0.1, 0.15) is 24.0 Å². The van der Waals surface area contributed by atoms with Crippen molar-refractivity contribution in [1.29, 1.82) is 0 Å². The lowest BCUT2D eigenvalue weighted by atomic mass is 9.91. The van der Waals surface area contributed by atoms with Crippen LogP contribution in [0.15, 0.2) is 43.0 Å². The standard InChI is InChI=1S/C19H22N4O2/c24-18(7-12-23-15-20-14-21-23)22-11-3-8-19(10-13-22)9-6-16-4-1-2-5-17(16)25-19/h1-2,4-6,9,14-15H,3,7-8,10-13H2. The molecule has 1 fully saturated rings. The maximum atomic E-state index is 12.5. The van der Waals surface area contributed by atoms with E-state index in [2.05, 4.69) is 28.3 Å². The van der Waals surface area contributed by atoms with Crippen LogP contribution in [0.4, 0.5) is 0 Å². The number of likely N-dealkylation sites (tertiary alicyclic amines) is 1. The van der Waals surface area contributed by atoms with Gasteiger partial charge in [-0.2, -0.15) is 5.10 Å². The summed E-state index contributed by atoms with van der Waals surface area (Å²) in [4.78, 5) is 18.4. The molecule has 1 aromatic heterocycles. The number of aryl methyl sites for hydroxylation is 1. The monoisotopic (exact) mass is 338 g/mol. The van der Waals surface area contributed by atoms with Crippen LogP contribution in [-0.2, 0) is 11.3 Å². The molecule has 2 aliphatic rings. The summed E-state index contributed by atoms with van der Waals surface area (Å²) in [7, 11) is 0. The SMILES string of the molecule is O=C(CCn1cncn1)N1CCCC2(C=Cc3ccccc3O2)CC1. The van der Waals surface area contributed by atoms with E-state index in [0.717, 1.165) is 43.7 Å². The number of aromatic nitrogens is 3. The van der Waals surface area contributed by atoms with Gasteiger partial charge in [0.15, 0.2) is 0 Å². The maximum absolute atomic E-state index is 12.5. The zero-order valence-electron chi connectivity index (χ0n) is 14.2. The van der Waals surface area contributed by atoms with E-state index < -0.39 is 0 Å². The normalized spacial score (nSPS) is 22.3. The van der Waals surface area contributed by atoms with Gasteiger partial charge in [-0.3, -0.25) is 9.48 Å². The molecule has 1 aromatic carbocycles. The van der Waals surface area contributed by atoms with Crippen LogP contribution in [0.5, 0.6) is 5.75 Å². The van der Waals surface area contributed by atoms with Crippen molar-refractivity contribution in [2.24, 2.45) is 0 Å². The molecule has 3 heterocycles. The first-order chi connectivity index (χ1) is 12.2. The minimum atomic E-state index is -0.282. The molecule has 1 saturated heterocycles. The summed E-state index contributed by atoms with van der Waals surface area (Å²) in [5.41, 5.74) is 0.841. The fourth-order valence-electron chi connectivity index (χ4n) is 3.57. The van der Waals surface area contributed by atoms with Crippen molar-refractivity contribution in [2.45, 2.75) is 37.8 Å². The Morgan fingerprint density at radius 1 is 1.24 bits per heavy atom. The van der Waals surface area contributed by atoms with Crippen molar-refractivity contribution in [3.8, 4) is 5.75 Å².